The van der Waals surface area contributed by atoms with Crippen molar-refractivity contribution in [2.75, 3.05) is 13.1 Å². The molecule has 46 valence electrons. The Labute approximate surface area is 51.5 Å². The van der Waals surface area contributed by atoms with E-state index in [-0.39, 0.29) is 0 Å². The maximum Gasteiger partial charge on any atom is 0.124 e. The highest BCUT2D eigenvalue weighted by atomic mass is 31.0. The van der Waals surface area contributed by atoms with Gasteiger partial charge in [-0.1, -0.05) is 9.39 Å². The van der Waals surface area contributed by atoms with Crippen LogP contribution in [0.1, 0.15) is 6.42 Å². The van der Waals surface area contributed by atoms with E-state index in [1.54, 1.807) is 0 Å². The SMILES string of the molecule is O=CC1CCN(P)C1. The zero-order valence-electron chi connectivity index (χ0n) is 4.71. The highest BCUT2D eigenvalue weighted by molar-refractivity contribution is 7.13. The quantitative estimate of drug-likeness (QED) is 0.376. The maximum absolute atomic E-state index is 10.1. The van der Waals surface area contributed by atoms with Gasteiger partial charge in [-0.05, 0) is 6.42 Å². The molecule has 1 fully saturated rings. The van der Waals surface area contributed by atoms with Gasteiger partial charge in [-0.15, -0.1) is 0 Å². The minimum atomic E-state index is 0.299. The molecule has 0 N–H and O–H groups in total. The van der Waals surface area contributed by atoms with Gasteiger partial charge in [0, 0.05) is 19.0 Å². The van der Waals surface area contributed by atoms with Gasteiger partial charge >= 0.3 is 0 Å². The summed E-state index contributed by atoms with van der Waals surface area (Å²) in [6, 6.07) is 0. The Morgan fingerprint density at radius 3 is 2.75 bits per heavy atom. The molecule has 2 atom stereocenters. The van der Waals surface area contributed by atoms with Crippen molar-refractivity contribution in [1.82, 2.24) is 4.67 Å². The van der Waals surface area contributed by atoms with Crippen LogP contribution in [0, 0.1) is 5.92 Å². The fourth-order valence-electron chi connectivity index (χ4n) is 0.927. The first-order valence-corrected chi connectivity index (χ1v) is 3.29. The second kappa shape index (κ2) is 2.56. The van der Waals surface area contributed by atoms with Gasteiger partial charge in [0.1, 0.15) is 6.29 Å². The Morgan fingerprint density at radius 1 is 1.75 bits per heavy atom. The van der Waals surface area contributed by atoms with E-state index < -0.39 is 0 Å². The first-order valence-electron chi connectivity index (χ1n) is 2.78. The Bertz CT molecular complexity index is 96.4. The van der Waals surface area contributed by atoms with Crippen molar-refractivity contribution in [1.29, 1.82) is 0 Å². The van der Waals surface area contributed by atoms with Crippen molar-refractivity contribution >= 4 is 15.7 Å². The van der Waals surface area contributed by atoms with E-state index in [0.29, 0.717) is 5.92 Å². The molecule has 1 aliphatic rings. The lowest BCUT2D eigenvalue weighted by Gasteiger charge is -2.02. The number of hydrogen-bond donors (Lipinski definition) is 0. The van der Waals surface area contributed by atoms with Crippen LogP contribution < -0.4 is 0 Å². The topological polar surface area (TPSA) is 20.3 Å². The lowest BCUT2D eigenvalue weighted by molar-refractivity contribution is -0.110. The van der Waals surface area contributed by atoms with Crippen molar-refractivity contribution < 1.29 is 4.79 Å². The second-order valence-corrected chi connectivity index (χ2v) is 2.91. The molecule has 1 aliphatic heterocycles. The average molecular weight is 131 g/mol. The van der Waals surface area contributed by atoms with Gasteiger partial charge in [0.2, 0.25) is 0 Å². The minimum Gasteiger partial charge on any atom is -0.303 e. The van der Waals surface area contributed by atoms with Gasteiger partial charge in [0.05, 0.1) is 0 Å². The van der Waals surface area contributed by atoms with Gasteiger partial charge in [0.15, 0.2) is 0 Å². The number of carbonyl (C=O) groups excluding carboxylic acids is 1. The van der Waals surface area contributed by atoms with Crippen LogP contribution >= 0.6 is 9.39 Å². The molecule has 0 aromatic rings. The Morgan fingerprint density at radius 2 is 2.50 bits per heavy atom. The first kappa shape index (κ1) is 6.18. The number of aldehydes is 1. The van der Waals surface area contributed by atoms with Crippen molar-refractivity contribution in [3.63, 3.8) is 0 Å². The smallest absolute Gasteiger partial charge is 0.124 e. The summed E-state index contributed by atoms with van der Waals surface area (Å²) in [7, 11) is 2.60. The summed E-state index contributed by atoms with van der Waals surface area (Å²) in [5, 5.41) is 0. The van der Waals surface area contributed by atoms with E-state index in [0.717, 1.165) is 25.8 Å². The lowest BCUT2D eigenvalue weighted by atomic mass is 10.2. The predicted molar refractivity (Wildman–Crippen MR) is 35.5 cm³/mol. The standard InChI is InChI=1S/C5H10NOP/c7-4-5-1-2-6(8)3-5/h4-5H,1-3,8H2. The molecule has 0 amide bonds. The lowest BCUT2D eigenvalue weighted by Crippen LogP contribution is -2.07. The van der Waals surface area contributed by atoms with Crippen LogP contribution in [-0.2, 0) is 4.79 Å². The summed E-state index contributed by atoms with van der Waals surface area (Å²) in [6.45, 7) is 1.97. The van der Waals surface area contributed by atoms with E-state index in [2.05, 4.69) is 14.1 Å². The Balaban J connectivity index is 2.32. The van der Waals surface area contributed by atoms with Crippen molar-refractivity contribution in [2.24, 2.45) is 5.92 Å². The third-order valence-corrected chi connectivity index (χ3v) is 1.92. The summed E-state index contributed by atoms with van der Waals surface area (Å²) in [5.41, 5.74) is 0. The molecule has 3 heteroatoms. The summed E-state index contributed by atoms with van der Waals surface area (Å²) >= 11 is 0. The van der Waals surface area contributed by atoms with Crippen LogP contribution in [0.5, 0.6) is 0 Å². The average Bonchev–Trinajstić information content (AvgIpc) is 2.14. The van der Waals surface area contributed by atoms with Gasteiger partial charge in [-0.3, -0.25) is 4.67 Å². The zero-order valence-corrected chi connectivity index (χ0v) is 5.86. The van der Waals surface area contributed by atoms with Crippen LogP contribution in [0.4, 0.5) is 0 Å². The van der Waals surface area contributed by atoms with Gasteiger partial charge in [-0.2, -0.15) is 0 Å². The van der Waals surface area contributed by atoms with E-state index in [4.69, 9.17) is 0 Å². The Hall–Kier alpha value is 0.0600. The van der Waals surface area contributed by atoms with Crippen LogP contribution in [0.25, 0.3) is 0 Å². The van der Waals surface area contributed by atoms with Crippen molar-refractivity contribution in [3.05, 3.63) is 0 Å². The number of carbonyl (C=O) groups is 1. The molecule has 8 heavy (non-hydrogen) atoms. The van der Waals surface area contributed by atoms with E-state index in [1.165, 1.54) is 0 Å². The number of hydrogen-bond acceptors (Lipinski definition) is 2. The molecule has 0 bridgehead atoms. The molecule has 0 aromatic carbocycles. The fraction of sp³-hybridized carbons (Fsp3) is 0.800. The molecular formula is C5H10NOP. The molecule has 0 spiro atoms. The van der Waals surface area contributed by atoms with E-state index in [9.17, 15) is 4.79 Å². The molecule has 1 heterocycles. The first-order chi connectivity index (χ1) is 3.83. The molecule has 0 aromatic heterocycles. The molecule has 0 aliphatic carbocycles. The summed E-state index contributed by atoms with van der Waals surface area (Å²) in [4.78, 5) is 10.1. The predicted octanol–water partition coefficient (Wildman–Crippen LogP) is 0.297. The monoisotopic (exact) mass is 131 g/mol. The highest BCUT2D eigenvalue weighted by Gasteiger charge is 2.17. The van der Waals surface area contributed by atoms with Crippen LogP contribution in [-0.4, -0.2) is 24.0 Å². The van der Waals surface area contributed by atoms with Crippen molar-refractivity contribution in [2.45, 2.75) is 6.42 Å². The fourth-order valence-corrected chi connectivity index (χ4v) is 1.35. The highest BCUT2D eigenvalue weighted by Crippen LogP contribution is 2.16. The largest absolute Gasteiger partial charge is 0.303 e. The molecule has 0 saturated carbocycles. The zero-order chi connectivity index (χ0) is 5.98. The van der Waals surface area contributed by atoms with E-state index in [1.807, 2.05) is 0 Å². The normalized spacial score (nSPS) is 30.9. The van der Waals surface area contributed by atoms with Gasteiger partial charge in [0.25, 0.3) is 0 Å². The van der Waals surface area contributed by atoms with Crippen LogP contribution in [0.2, 0.25) is 0 Å². The van der Waals surface area contributed by atoms with Gasteiger partial charge in [-0.25, -0.2) is 0 Å². The number of rotatable bonds is 1. The molecule has 1 saturated heterocycles. The van der Waals surface area contributed by atoms with Crippen LogP contribution in [0.15, 0.2) is 0 Å². The van der Waals surface area contributed by atoms with E-state index >= 15 is 0 Å². The third-order valence-electron chi connectivity index (χ3n) is 1.45. The molecular weight excluding hydrogens is 121 g/mol. The van der Waals surface area contributed by atoms with Crippen LogP contribution in [0.3, 0.4) is 0 Å². The molecule has 2 nitrogen and oxygen atoms in total. The molecule has 1 rings (SSSR count). The molecule has 2 unspecified atom stereocenters. The molecule has 0 radical (unpaired) electrons. The van der Waals surface area contributed by atoms with Crippen molar-refractivity contribution in [3.8, 4) is 0 Å². The Kier molecular flexibility index (Phi) is 1.98. The maximum atomic E-state index is 10.1. The second-order valence-electron chi connectivity index (χ2n) is 2.18. The van der Waals surface area contributed by atoms with Gasteiger partial charge < -0.3 is 4.79 Å². The summed E-state index contributed by atoms with van der Waals surface area (Å²) < 4.78 is 2.10. The minimum absolute atomic E-state index is 0.299. The third kappa shape index (κ3) is 1.27. The summed E-state index contributed by atoms with van der Waals surface area (Å²) in [6.07, 6.45) is 2.08. The summed E-state index contributed by atoms with van der Waals surface area (Å²) in [5.74, 6) is 0.299. The number of nitrogens with zero attached hydrogens (tertiary/aromatic N) is 1.